The second-order valence-electron chi connectivity index (χ2n) is 9.57. The Kier molecular flexibility index (Phi) is 10.6. The van der Waals surface area contributed by atoms with E-state index in [0.29, 0.717) is 27.8 Å². The summed E-state index contributed by atoms with van der Waals surface area (Å²) in [6, 6.07) is 11.2. The fourth-order valence-corrected chi connectivity index (χ4v) is 4.86. The van der Waals surface area contributed by atoms with Crippen molar-refractivity contribution in [2.75, 3.05) is 23.7 Å². The molecule has 36 heavy (non-hydrogen) atoms. The molecule has 0 aliphatic rings. The maximum absolute atomic E-state index is 13.7. The highest BCUT2D eigenvalue weighted by atomic mass is 35.5. The zero-order chi connectivity index (χ0) is 27.2. The number of nitrogens with zero attached hydrogens (tertiary/aromatic N) is 2. The van der Waals surface area contributed by atoms with Gasteiger partial charge in [0.15, 0.2) is 0 Å². The topological polar surface area (TPSA) is 86.8 Å². The lowest BCUT2D eigenvalue weighted by molar-refractivity contribution is -0.139. The highest BCUT2D eigenvalue weighted by Crippen LogP contribution is 2.29. The molecule has 0 radical (unpaired) electrons. The van der Waals surface area contributed by atoms with Crippen LogP contribution in [0.1, 0.15) is 51.7 Å². The Morgan fingerprint density at radius 2 is 1.61 bits per heavy atom. The molecular formula is C26H35Cl2N3O4S. The van der Waals surface area contributed by atoms with Crippen LogP contribution in [0.5, 0.6) is 0 Å². The monoisotopic (exact) mass is 555 g/mol. The van der Waals surface area contributed by atoms with E-state index in [0.717, 1.165) is 16.1 Å². The first-order valence-electron chi connectivity index (χ1n) is 11.8. The molecule has 2 aromatic carbocycles. The second kappa shape index (κ2) is 12.8. The molecule has 10 heteroatoms. The Bertz CT molecular complexity index is 1190. The number of rotatable bonds is 11. The third-order valence-electron chi connectivity index (χ3n) is 5.70. The maximum atomic E-state index is 13.7. The molecule has 2 rings (SSSR count). The number of hydrogen-bond acceptors (Lipinski definition) is 4. The van der Waals surface area contributed by atoms with Crippen molar-refractivity contribution in [2.24, 2.45) is 5.92 Å². The summed E-state index contributed by atoms with van der Waals surface area (Å²) in [5.74, 6) is -0.579. The van der Waals surface area contributed by atoms with Crippen LogP contribution >= 0.6 is 23.2 Å². The van der Waals surface area contributed by atoms with Crippen molar-refractivity contribution in [3.63, 3.8) is 0 Å². The minimum atomic E-state index is -3.81. The first-order valence-corrected chi connectivity index (χ1v) is 14.4. The van der Waals surface area contributed by atoms with Gasteiger partial charge in [0.05, 0.1) is 22.0 Å². The van der Waals surface area contributed by atoms with Crippen LogP contribution in [0.15, 0.2) is 42.5 Å². The molecule has 0 aliphatic heterocycles. The van der Waals surface area contributed by atoms with Gasteiger partial charge in [0.2, 0.25) is 21.8 Å². The Morgan fingerprint density at radius 1 is 0.972 bits per heavy atom. The third kappa shape index (κ3) is 8.11. The van der Waals surface area contributed by atoms with E-state index in [9.17, 15) is 18.0 Å². The van der Waals surface area contributed by atoms with Gasteiger partial charge in [0.25, 0.3) is 0 Å². The van der Waals surface area contributed by atoms with E-state index in [-0.39, 0.29) is 24.3 Å². The van der Waals surface area contributed by atoms with Gasteiger partial charge in [-0.25, -0.2) is 8.42 Å². The molecule has 0 fully saturated rings. The lowest BCUT2D eigenvalue weighted by atomic mass is 10.0. The van der Waals surface area contributed by atoms with Crippen LogP contribution in [0.2, 0.25) is 10.0 Å². The number of anilines is 1. The molecule has 0 bridgehead atoms. The lowest BCUT2D eigenvalue weighted by Gasteiger charge is -2.32. The average Bonchev–Trinajstić information content (AvgIpc) is 2.80. The van der Waals surface area contributed by atoms with Gasteiger partial charge in [0.1, 0.15) is 12.6 Å². The Balaban J connectivity index is 2.46. The van der Waals surface area contributed by atoms with E-state index in [2.05, 4.69) is 5.32 Å². The van der Waals surface area contributed by atoms with E-state index >= 15 is 0 Å². The normalized spacial score (nSPS) is 12.5. The molecule has 0 aliphatic carbocycles. The SMILES string of the molecule is CC(C)CNC(=O)C(C)N(Cc1ccc(Cl)c(Cl)c1)C(=O)CN(c1ccccc1C(C)C)S(C)(=O)=O. The summed E-state index contributed by atoms with van der Waals surface area (Å²) in [7, 11) is -3.81. The fourth-order valence-electron chi connectivity index (χ4n) is 3.67. The molecule has 198 valence electrons. The molecule has 1 atom stereocenters. The summed E-state index contributed by atoms with van der Waals surface area (Å²) < 4.78 is 26.8. The standard InChI is InChI=1S/C26H35Cl2N3O4S/c1-17(2)14-29-26(33)19(5)30(15-20-11-12-22(27)23(28)13-20)25(32)16-31(36(6,34)35)24-10-8-7-9-21(24)18(3)4/h7-13,17-19H,14-16H2,1-6H3,(H,29,33). The Labute approximate surface area is 224 Å². The van der Waals surface area contributed by atoms with E-state index < -0.39 is 28.5 Å². The summed E-state index contributed by atoms with van der Waals surface area (Å²) in [5.41, 5.74) is 1.90. The van der Waals surface area contributed by atoms with Crippen LogP contribution in [-0.2, 0) is 26.2 Å². The number of carbonyl (C=O) groups excluding carboxylic acids is 2. The van der Waals surface area contributed by atoms with E-state index in [1.54, 1.807) is 37.3 Å². The molecule has 1 unspecified atom stereocenters. The number of para-hydroxylation sites is 1. The fraction of sp³-hybridized carbons (Fsp3) is 0.462. The van der Waals surface area contributed by atoms with E-state index in [4.69, 9.17) is 23.2 Å². The molecule has 0 spiro atoms. The highest BCUT2D eigenvalue weighted by molar-refractivity contribution is 7.92. The van der Waals surface area contributed by atoms with Gasteiger partial charge in [0, 0.05) is 13.1 Å². The smallest absolute Gasteiger partial charge is 0.244 e. The van der Waals surface area contributed by atoms with Crippen molar-refractivity contribution >= 4 is 50.7 Å². The first-order chi connectivity index (χ1) is 16.7. The number of benzene rings is 2. The zero-order valence-electron chi connectivity index (χ0n) is 21.6. The number of carbonyl (C=O) groups is 2. The number of amides is 2. The summed E-state index contributed by atoms with van der Waals surface area (Å²) in [6.07, 6.45) is 1.07. The quantitative estimate of drug-likeness (QED) is 0.419. The summed E-state index contributed by atoms with van der Waals surface area (Å²) in [5, 5.41) is 3.54. The van der Waals surface area contributed by atoms with Crippen molar-refractivity contribution in [3.05, 3.63) is 63.6 Å². The number of halogens is 2. The third-order valence-corrected chi connectivity index (χ3v) is 7.56. The predicted molar refractivity (Wildman–Crippen MR) is 147 cm³/mol. The minimum absolute atomic E-state index is 0.0357. The highest BCUT2D eigenvalue weighted by Gasteiger charge is 2.31. The van der Waals surface area contributed by atoms with Gasteiger partial charge in [-0.3, -0.25) is 13.9 Å². The van der Waals surface area contributed by atoms with Gasteiger partial charge < -0.3 is 10.2 Å². The molecule has 0 aromatic heterocycles. The maximum Gasteiger partial charge on any atom is 0.244 e. The average molecular weight is 557 g/mol. The van der Waals surface area contributed by atoms with Crippen LogP contribution in [0, 0.1) is 5.92 Å². The van der Waals surface area contributed by atoms with Crippen LogP contribution < -0.4 is 9.62 Å². The van der Waals surface area contributed by atoms with E-state index in [1.807, 2.05) is 39.8 Å². The Morgan fingerprint density at radius 3 is 2.17 bits per heavy atom. The Hall–Kier alpha value is -2.29. The van der Waals surface area contributed by atoms with Crippen LogP contribution in [0.3, 0.4) is 0 Å². The molecular weight excluding hydrogens is 521 g/mol. The molecule has 0 heterocycles. The second-order valence-corrected chi connectivity index (χ2v) is 12.3. The van der Waals surface area contributed by atoms with Crippen LogP contribution in [0.25, 0.3) is 0 Å². The number of nitrogens with one attached hydrogen (secondary N) is 1. The zero-order valence-corrected chi connectivity index (χ0v) is 23.9. The van der Waals surface area contributed by atoms with Crippen molar-refractivity contribution < 1.29 is 18.0 Å². The number of sulfonamides is 1. The van der Waals surface area contributed by atoms with Gasteiger partial charge >= 0.3 is 0 Å². The van der Waals surface area contributed by atoms with Gasteiger partial charge in [-0.15, -0.1) is 0 Å². The largest absolute Gasteiger partial charge is 0.354 e. The van der Waals surface area contributed by atoms with E-state index in [1.165, 1.54) is 4.90 Å². The van der Waals surface area contributed by atoms with Crippen molar-refractivity contribution in [1.82, 2.24) is 10.2 Å². The summed E-state index contributed by atoms with van der Waals surface area (Å²) in [6.45, 7) is 9.53. The minimum Gasteiger partial charge on any atom is -0.354 e. The van der Waals surface area contributed by atoms with Crippen LogP contribution in [-0.4, -0.2) is 50.5 Å². The van der Waals surface area contributed by atoms with Crippen molar-refractivity contribution in [2.45, 2.75) is 53.1 Å². The molecule has 0 saturated carbocycles. The van der Waals surface area contributed by atoms with Crippen molar-refractivity contribution in [1.29, 1.82) is 0 Å². The van der Waals surface area contributed by atoms with Crippen LogP contribution in [0.4, 0.5) is 5.69 Å². The molecule has 7 nitrogen and oxygen atoms in total. The predicted octanol–water partition coefficient (Wildman–Crippen LogP) is 5.07. The summed E-state index contributed by atoms with van der Waals surface area (Å²) in [4.78, 5) is 28.0. The van der Waals surface area contributed by atoms with Gasteiger partial charge in [-0.2, -0.15) is 0 Å². The van der Waals surface area contributed by atoms with Gasteiger partial charge in [-0.05, 0) is 48.1 Å². The molecule has 1 N–H and O–H groups in total. The van der Waals surface area contributed by atoms with Crippen molar-refractivity contribution in [3.8, 4) is 0 Å². The number of hydrogen-bond donors (Lipinski definition) is 1. The van der Waals surface area contributed by atoms with Gasteiger partial charge in [-0.1, -0.05) is 75.2 Å². The molecule has 2 aromatic rings. The summed E-state index contributed by atoms with van der Waals surface area (Å²) >= 11 is 12.2. The lowest BCUT2D eigenvalue weighted by Crippen LogP contribution is -2.51. The molecule has 0 saturated heterocycles. The first kappa shape index (κ1) is 29.9. The molecule has 2 amide bonds.